The lowest BCUT2D eigenvalue weighted by molar-refractivity contribution is -0.210. The Balaban J connectivity index is 1.96. The molecule has 0 bridgehead atoms. The quantitative estimate of drug-likeness (QED) is 0.386. The van der Waals surface area contributed by atoms with Gasteiger partial charge in [0, 0.05) is 17.5 Å². The van der Waals surface area contributed by atoms with E-state index in [4.69, 9.17) is 11.6 Å². The summed E-state index contributed by atoms with van der Waals surface area (Å²) in [6, 6.07) is 10.6. The molecule has 3 rings (SSSR count). The van der Waals surface area contributed by atoms with Crippen molar-refractivity contribution in [2.45, 2.75) is 66.0 Å². The van der Waals surface area contributed by atoms with Gasteiger partial charge in [-0.15, -0.1) is 0 Å². The van der Waals surface area contributed by atoms with Crippen molar-refractivity contribution >= 4 is 17.4 Å². The molecule has 1 N–H and O–H groups in total. The molecule has 0 saturated heterocycles. The van der Waals surface area contributed by atoms with E-state index in [1.807, 2.05) is 25.1 Å². The molecule has 0 atom stereocenters. The first kappa shape index (κ1) is 27.6. The molecule has 1 aromatic heterocycles. The lowest BCUT2D eigenvalue weighted by atomic mass is 9.83. The molecule has 0 fully saturated rings. The lowest BCUT2D eigenvalue weighted by Gasteiger charge is -2.26. The summed E-state index contributed by atoms with van der Waals surface area (Å²) >= 11 is 6.38. The summed E-state index contributed by atoms with van der Waals surface area (Å²) in [4.78, 5) is 35.8. The maximum atomic E-state index is 13.2. The van der Waals surface area contributed by atoms with Gasteiger partial charge in [0.15, 0.2) is 5.82 Å². The van der Waals surface area contributed by atoms with Crippen LogP contribution in [0.1, 0.15) is 57.7 Å². The number of Topliss-reactive ketones (excluding diaryl/α,β-unsaturated/α-hetero) is 1. The van der Waals surface area contributed by atoms with Gasteiger partial charge < -0.3 is 0 Å². The minimum atomic E-state index is -4.63. The summed E-state index contributed by atoms with van der Waals surface area (Å²) in [6.45, 7) is 10.1. The average Bonchev–Trinajstić information content (AvgIpc) is 2.76. The average molecular weight is 520 g/mol. The number of aromatic amines is 1. The number of hydrogen-bond acceptors (Lipinski definition) is 4. The Morgan fingerprint density at radius 3 is 2.28 bits per heavy atom. The second-order valence-electron chi connectivity index (χ2n) is 10.5. The number of aromatic nitrogens is 3. The molecule has 9 heteroatoms. The predicted molar refractivity (Wildman–Crippen MR) is 135 cm³/mol. The van der Waals surface area contributed by atoms with Crippen molar-refractivity contribution in [3.05, 3.63) is 68.6 Å². The first-order valence-corrected chi connectivity index (χ1v) is 11.9. The van der Waals surface area contributed by atoms with Crippen molar-refractivity contribution in [2.75, 3.05) is 0 Å². The van der Waals surface area contributed by atoms with Crippen molar-refractivity contribution in [3.63, 3.8) is 0 Å². The third-order valence-corrected chi connectivity index (χ3v) is 6.62. The summed E-state index contributed by atoms with van der Waals surface area (Å²) in [5.74, 6) is -0.502. The van der Waals surface area contributed by atoms with Gasteiger partial charge in [0.25, 0.3) is 0 Å². The fraction of sp³-hybridized carbons (Fsp3) is 0.407. The smallest absolute Gasteiger partial charge is 0.299 e. The van der Waals surface area contributed by atoms with E-state index in [2.05, 4.69) is 35.7 Å². The van der Waals surface area contributed by atoms with Crippen LogP contribution in [0.3, 0.4) is 0 Å². The molecule has 0 aliphatic carbocycles. The number of alkyl halides is 3. The zero-order valence-corrected chi connectivity index (χ0v) is 21.9. The van der Waals surface area contributed by atoms with Crippen LogP contribution in [0, 0.1) is 12.3 Å². The zero-order valence-electron chi connectivity index (χ0n) is 21.1. The number of H-pyrrole nitrogens is 1. The van der Waals surface area contributed by atoms with E-state index < -0.39 is 23.1 Å². The molecule has 2 aromatic carbocycles. The van der Waals surface area contributed by atoms with Crippen molar-refractivity contribution in [3.8, 4) is 22.8 Å². The Kier molecular flexibility index (Phi) is 7.51. The number of hydrogen-bond donors (Lipinski definition) is 1. The Morgan fingerprint density at radius 1 is 1.00 bits per heavy atom. The van der Waals surface area contributed by atoms with Gasteiger partial charge in [-0.25, -0.2) is 9.78 Å². The van der Waals surface area contributed by atoms with Gasteiger partial charge in [-0.2, -0.15) is 18.2 Å². The first-order valence-electron chi connectivity index (χ1n) is 11.5. The van der Waals surface area contributed by atoms with Crippen LogP contribution >= 0.6 is 11.6 Å². The number of halogens is 4. The number of carbonyl (C=O) groups excluding carboxylic acids is 1. The topological polar surface area (TPSA) is 75.7 Å². The highest BCUT2D eigenvalue weighted by atomic mass is 35.5. The van der Waals surface area contributed by atoms with Crippen LogP contribution in [0.15, 0.2) is 41.2 Å². The Morgan fingerprint density at radius 2 is 1.67 bits per heavy atom. The van der Waals surface area contributed by atoms with Gasteiger partial charge in [0.1, 0.15) is 17.0 Å². The molecule has 0 amide bonds. The number of ketones is 1. The van der Waals surface area contributed by atoms with E-state index in [1.165, 1.54) is 0 Å². The molecule has 36 heavy (non-hydrogen) atoms. The summed E-state index contributed by atoms with van der Waals surface area (Å²) in [7, 11) is 0. The van der Waals surface area contributed by atoms with Crippen molar-refractivity contribution < 1.29 is 18.0 Å². The van der Waals surface area contributed by atoms with Crippen LogP contribution in [0.2, 0.25) is 5.02 Å². The SMILES string of the molecule is Cc1ccc(-c2nc(-c3cc(CCC(=O)C(C)(C)C(F)(F)F)ccc3Cl)[nH]c(=O)n2)cc1C(C)(C)C. The van der Waals surface area contributed by atoms with E-state index in [1.54, 1.807) is 18.2 Å². The van der Waals surface area contributed by atoms with Gasteiger partial charge in [0.2, 0.25) is 0 Å². The van der Waals surface area contributed by atoms with Crippen LogP contribution in [-0.4, -0.2) is 26.9 Å². The second-order valence-corrected chi connectivity index (χ2v) is 10.9. The molecule has 0 saturated carbocycles. The van der Waals surface area contributed by atoms with Crippen LogP contribution in [0.5, 0.6) is 0 Å². The molecular weight excluding hydrogens is 491 g/mol. The maximum absolute atomic E-state index is 13.2. The van der Waals surface area contributed by atoms with Crippen LogP contribution in [0.25, 0.3) is 22.8 Å². The van der Waals surface area contributed by atoms with Gasteiger partial charge in [-0.3, -0.25) is 9.78 Å². The summed E-state index contributed by atoms with van der Waals surface area (Å²) in [5.41, 5.74) is 0.677. The Bertz CT molecular complexity index is 1360. The highest BCUT2D eigenvalue weighted by molar-refractivity contribution is 6.33. The molecule has 192 valence electrons. The van der Waals surface area contributed by atoms with Crippen molar-refractivity contribution in [1.29, 1.82) is 0 Å². The van der Waals surface area contributed by atoms with Crippen LogP contribution < -0.4 is 5.69 Å². The van der Waals surface area contributed by atoms with E-state index in [-0.39, 0.29) is 29.9 Å². The number of nitrogens with one attached hydrogen (secondary N) is 1. The minimum Gasteiger partial charge on any atom is -0.299 e. The number of benzene rings is 2. The standard InChI is InChI=1S/C27H29ClF3N3O2/c1-15-7-10-17(14-19(15)25(2,3)4)22-32-23(34-24(36)33-22)18-13-16(8-11-20(18)28)9-12-21(35)26(5,6)27(29,30)31/h7-8,10-11,13-14H,9,12H2,1-6H3,(H,32,33,34,36). The molecule has 5 nitrogen and oxygen atoms in total. The number of nitrogens with zero attached hydrogens (tertiary/aromatic N) is 2. The first-order chi connectivity index (χ1) is 16.5. The Labute approximate surface area is 213 Å². The largest absolute Gasteiger partial charge is 0.400 e. The lowest BCUT2D eigenvalue weighted by Crippen LogP contribution is -2.39. The number of rotatable bonds is 6. The van der Waals surface area contributed by atoms with Gasteiger partial charge >= 0.3 is 11.9 Å². The summed E-state index contributed by atoms with van der Waals surface area (Å²) in [5, 5.41) is 0.292. The van der Waals surface area contributed by atoms with Crippen LogP contribution in [-0.2, 0) is 16.6 Å². The molecule has 0 radical (unpaired) electrons. The molecule has 3 aromatic rings. The predicted octanol–water partition coefficient (Wildman–Crippen LogP) is 6.85. The molecule has 0 aliphatic heterocycles. The number of aryl methyl sites for hydroxylation is 2. The van der Waals surface area contributed by atoms with E-state index in [0.717, 1.165) is 25.0 Å². The highest BCUT2D eigenvalue weighted by Crippen LogP contribution is 2.39. The van der Waals surface area contributed by atoms with Crippen LogP contribution in [0.4, 0.5) is 13.2 Å². The van der Waals surface area contributed by atoms with E-state index >= 15 is 0 Å². The van der Waals surface area contributed by atoms with Gasteiger partial charge in [-0.05, 0) is 67.5 Å². The molecule has 0 spiro atoms. The normalized spacial score (nSPS) is 12.6. The van der Waals surface area contributed by atoms with Crippen molar-refractivity contribution in [2.24, 2.45) is 5.41 Å². The minimum absolute atomic E-state index is 0.0809. The van der Waals surface area contributed by atoms with E-state index in [0.29, 0.717) is 21.7 Å². The monoisotopic (exact) mass is 519 g/mol. The zero-order chi connectivity index (χ0) is 27.1. The molecular formula is C27H29ClF3N3O2. The number of carbonyl (C=O) groups is 1. The second kappa shape index (κ2) is 9.81. The fourth-order valence-electron chi connectivity index (χ4n) is 3.85. The fourth-order valence-corrected chi connectivity index (χ4v) is 4.05. The Hall–Kier alpha value is -3.00. The highest BCUT2D eigenvalue weighted by Gasteiger charge is 2.51. The van der Waals surface area contributed by atoms with Gasteiger partial charge in [0.05, 0.1) is 5.02 Å². The molecule has 0 unspecified atom stereocenters. The molecule has 1 heterocycles. The molecule has 0 aliphatic rings. The van der Waals surface area contributed by atoms with E-state index in [9.17, 15) is 22.8 Å². The maximum Gasteiger partial charge on any atom is 0.400 e. The third kappa shape index (κ3) is 5.86. The summed E-state index contributed by atoms with van der Waals surface area (Å²) in [6.07, 6.45) is -4.84. The third-order valence-electron chi connectivity index (χ3n) is 6.29. The summed E-state index contributed by atoms with van der Waals surface area (Å²) < 4.78 is 39.6. The van der Waals surface area contributed by atoms with Crippen molar-refractivity contribution in [1.82, 2.24) is 15.0 Å². The van der Waals surface area contributed by atoms with Gasteiger partial charge in [-0.1, -0.05) is 50.6 Å².